The van der Waals surface area contributed by atoms with Gasteiger partial charge in [0.15, 0.2) is 5.82 Å². The zero-order valence-electron chi connectivity index (χ0n) is 28.2. The van der Waals surface area contributed by atoms with Crippen LogP contribution in [0.5, 0.6) is 0 Å². The summed E-state index contributed by atoms with van der Waals surface area (Å²) in [4.78, 5) is 21.0. The largest absolute Gasteiger partial charge is 0.375 e. The van der Waals surface area contributed by atoms with Gasteiger partial charge in [-0.25, -0.2) is 9.37 Å². The summed E-state index contributed by atoms with van der Waals surface area (Å²) in [6.07, 6.45) is 6.50. The van der Waals surface area contributed by atoms with E-state index in [9.17, 15) is 10.1 Å². The minimum atomic E-state index is -0.464. The Kier molecular flexibility index (Phi) is 8.32. The Balaban J connectivity index is 1.24. The molecule has 50 heavy (non-hydrogen) atoms. The van der Waals surface area contributed by atoms with Gasteiger partial charge in [0.2, 0.25) is 5.91 Å². The van der Waals surface area contributed by atoms with Gasteiger partial charge in [-0.1, -0.05) is 35.3 Å². The molecule has 260 valence electrons. The number of carbonyl (C=O) groups is 1. The van der Waals surface area contributed by atoms with E-state index in [4.69, 9.17) is 32.9 Å². The van der Waals surface area contributed by atoms with Crippen molar-refractivity contribution in [3.05, 3.63) is 63.1 Å². The third-order valence-electron chi connectivity index (χ3n) is 11.9. The summed E-state index contributed by atoms with van der Waals surface area (Å²) in [6, 6.07) is 12.4. The molecule has 11 heteroatoms. The Morgan fingerprint density at radius 1 is 1.16 bits per heavy atom. The number of hydrogen-bond acceptors (Lipinski definition) is 6. The van der Waals surface area contributed by atoms with E-state index in [0.717, 1.165) is 67.5 Å². The minimum absolute atomic E-state index is 0.0520. The van der Waals surface area contributed by atoms with Crippen molar-refractivity contribution in [2.45, 2.75) is 88.6 Å². The first kappa shape index (κ1) is 32.6. The zero-order valence-corrected chi connectivity index (χ0v) is 29.7. The number of hydrogen-bond donors (Lipinski definition) is 2. The lowest BCUT2D eigenvalue weighted by Crippen LogP contribution is -2.41. The molecule has 4 aliphatic heterocycles. The maximum atomic E-state index is 17.1. The maximum Gasteiger partial charge on any atom is 0.226 e. The van der Waals surface area contributed by atoms with Crippen LogP contribution in [0.15, 0.2) is 30.3 Å². The molecular weight excluding hydrogens is 674 g/mol. The van der Waals surface area contributed by atoms with E-state index in [0.29, 0.717) is 64.7 Å². The van der Waals surface area contributed by atoms with E-state index in [1.807, 2.05) is 13.0 Å². The molecule has 0 spiro atoms. The van der Waals surface area contributed by atoms with E-state index >= 15 is 4.39 Å². The summed E-state index contributed by atoms with van der Waals surface area (Å²) in [5.41, 5.74) is 4.56. The summed E-state index contributed by atoms with van der Waals surface area (Å²) in [5.74, 6) is 0.290. The SMILES string of the molecule is Cc1nc2c(F)c(-c3cccc(Cl)c3Cl)c(CCC#N)cc2c2c1cc([C@H]1C[C@H](OC[C@@H]3CCCN3)CN1C(=O)C1CC1)n2[C@H]1[C@H]2CN[C@@H]1C2. The van der Waals surface area contributed by atoms with Gasteiger partial charge in [0, 0.05) is 77.2 Å². The van der Waals surface area contributed by atoms with Crippen LogP contribution in [0.25, 0.3) is 32.9 Å². The highest BCUT2D eigenvalue weighted by Crippen LogP contribution is 2.51. The predicted molar refractivity (Wildman–Crippen MR) is 193 cm³/mol. The first-order valence-corrected chi connectivity index (χ1v) is 18.9. The number of halogens is 3. The number of likely N-dealkylation sites (tertiary alicyclic amines) is 1. The standard InChI is InChI=1S/C39H41Cl2FN6O2/c1-20-27-16-32(31-15-25(50-19-24-6-4-12-44-24)18-47(31)39(49)21-9-10-21)48(37-23-14-30(37)45-17-23)38(27)28-13-22(5-3-11-43)33(35(42)36(28)46-20)26-7-2-8-29(40)34(26)41/h2,7-8,13,16,21,23-25,30-31,37,44-45H,3-6,9-10,12,14-15,17-19H2,1H3/t23-,24+,25+,30-,31-,37+/m1/s1. The second-order valence-corrected chi connectivity index (χ2v) is 15.8. The van der Waals surface area contributed by atoms with Crippen molar-refractivity contribution >= 4 is 50.9 Å². The number of pyridine rings is 1. The third kappa shape index (κ3) is 5.33. The van der Waals surface area contributed by atoms with Crippen LogP contribution in [0, 0.1) is 35.9 Å². The van der Waals surface area contributed by atoms with Crippen LogP contribution in [0.2, 0.25) is 10.0 Å². The lowest BCUT2D eigenvalue weighted by Gasteiger charge is -2.39. The molecule has 0 unspecified atom stereocenters. The smallest absolute Gasteiger partial charge is 0.226 e. The van der Waals surface area contributed by atoms with E-state index in [1.54, 1.807) is 18.2 Å². The summed E-state index contributed by atoms with van der Waals surface area (Å²) in [6.45, 7) is 5.14. The van der Waals surface area contributed by atoms with Crippen molar-refractivity contribution in [3.8, 4) is 17.2 Å². The van der Waals surface area contributed by atoms with Gasteiger partial charge in [-0.15, -0.1) is 0 Å². The van der Waals surface area contributed by atoms with Gasteiger partial charge in [0.1, 0.15) is 5.52 Å². The summed E-state index contributed by atoms with van der Waals surface area (Å²) >= 11 is 13.1. The first-order valence-electron chi connectivity index (χ1n) is 18.2. The summed E-state index contributed by atoms with van der Waals surface area (Å²) < 4.78 is 26.1. The highest BCUT2D eigenvalue weighted by Gasteiger charge is 2.51. The van der Waals surface area contributed by atoms with Crippen molar-refractivity contribution in [1.82, 2.24) is 25.1 Å². The van der Waals surface area contributed by atoms with Crippen molar-refractivity contribution in [2.24, 2.45) is 11.8 Å². The van der Waals surface area contributed by atoms with Crippen LogP contribution < -0.4 is 10.6 Å². The second kappa shape index (κ2) is 12.8. The van der Waals surface area contributed by atoms with Gasteiger partial charge in [-0.3, -0.25) is 4.79 Å². The molecule has 8 nitrogen and oxygen atoms in total. The number of benzene rings is 2. The van der Waals surface area contributed by atoms with Gasteiger partial charge in [0.05, 0.1) is 46.4 Å². The Morgan fingerprint density at radius 2 is 2.02 bits per heavy atom. The van der Waals surface area contributed by atoms with Crippen LogP contribution in [0.4, 0.5) is 4.39 Å². The maximum absolute atomic E-state index is 17.1. The molecular formula is C39H41Cl2FN6O2. The topological polar surface area (TPSA) is 95.2 Å². The Labute approximate surface area is 301 Å². The quantitative estimate of drug-likeness (QED) is 0.187. The zero-order chi connectivity index (χ0) is 34.3. The molecule has 4 saturated heterocycles. The van der Waals surface area contributed by atoms with Crippen LogP contribution in [0.1, 0.15) is 74.0 Å². The number of nitrogens with one attached hydrogen (secondary N) is 2. The van der Waals surface area contributed by atoms with Gasteiger partial charge in [-0.05, 0) is 81.7 Å². The second-order valence-electron chi connectivity index (χ2n) is 15.0. The molecule has 2 aliphatic carbocycles. The van der Waals surface area contributed by atoms with E-state index in [1.165, 1.54) is 6.42 Å². The van der Waals surface area contributed by atoms with Gasteiger partial charge < -0.3 is 24.8 Å². The van der Waals surface area contributed by atoms with Crippen LogP contribution in [-0.4, -0.2) is 64.8 Å². The number of nitrogens with zero attached hydrogens (tertiary/aromatic N) is 4. The number of rotatable bonds is 9. The van der Waals surface area contributed by atoms with Crippen LogP contribution >= 0.6 is 23.2 Å². The van der Waals surface area contributed by atoms with Gasteiger partial charge in [0.25, 0.3) is 0 Å². The molecule has 4 aromatic rings. The van der Waals surface area contributed by atoms with E-state index in [-0.39, 0.29) is 47.0 Å². The van der Waals surface area contributed by atoms with Crippen LogP contribution in [0.3, 0.4) is 0 Å². The average Bonchev–Trinajstić information content (AvgIpc) is 3.62. The van der Waals surface area contributed by atoms with Gasteiger partial charge in [-0.2, -0.15) is 5.26 Å². The molecule has 10 rings (SSSR count). The molecule has 0 radical (unpaired) electrons. The van der Waals surface area contributed by atoms with Crippen molar-refractivity contribution in [3.63, 3.8) is 0 Å². The van der Waals surface area contributed by atoms with E-state index < -0.39 is 5.82 Å². The predicted octanol–water partition coefficient (Wildman–Crippen LogP) is 7.42. The molecule has 6 fully saturated rings. The molecule has 2 aromatic carbocycles. The normalized spacial score (nSPS) is 27.4. The molecule has 1 amide bonds. The molecule has 6 heterocycles. The minimum Gasteiger partial charge on any atom is -0.375 e. The summed E-state index contributed by atoms with van der Waals surface area (Å²) in [5, 5.41) is 19.1. The number of aryl methyl sites for hydroxylation is 2. The number of ether oxygens (including phenoxy) is 1. The van der Waals surface area contributed by atoms with Crippen molar-refractivity contribution in [2.75, 3.05) is 26.2 Å². The van der Waals surface area contributed by atoms with Gasteiger partial charge >= 0.3 is 0 Å². The van der Waals surface area contributed by atoms with Crippen molar-refractivity contribution < 1.29 is 13.9 Å². The third-order valence-corrected chi connectivity index (χ3v) is 12.8. The molecule has 6 atom stereocenters. The van der Waals surface area contributed by atoms with Crippen LogP contribution in [-0.2, 0) is 16.0 Å². The lowest BCUT2D eigenvalue weighted by atomic mass is 9.79. The van der Waals surface area contributed by atoms with Crippen molar-refractivity contribution in [1.29, 1.82) is 5.26 Å². The fourth-order valence-electron chi connectivity index (χ4n) is 9.26. The Hall–Kier alpha value is -3.26. The molecule has 2 aromatic heterocycles. The number of carbonyl (C=O) groups excluding carboxylic acids is 1. The highest BCUT2D eigenvalue weighted by atomic mass is 35.5. The number of aromatic nitrogens is 2. The first-order chi connectivity index (χ1) is 24.3. The van der Waals surface area contributed by atoms with E-state index in [2.05, 4.69) is 32.2 Å². The summed E-state index contributed by atoms with van der Waals surface area (Å²) in [7, 11) is 0. The number of fused-ring (bicyclic) bond motifs is 4. The number of amides is 1. The fraction of sp³-hybridized carbons (Fsp3) is 0.513. The molecule has 2 bridgehead atoms. The fourth-order valence-corrected chi connectivity index (χ4v) is 9.65. The monoisotopic (exact) mass is 714 g/mol. The molecule has 2 saturated carbocycles. The Morgan fingerprint density at radius 3 is 2.74 bits per heavy atom. The molecule has 2 N–H and O–H groups in total. The molecule has 6 aliphatic rings. The highest BCUT2D eigenvalue weighted by molar-refractivity contribution is 6.43. The Bertz CT molecular complexity index is 2050. The lowest BCUT2D eigenvalue weighted by molar-refractivity contribution is -0.134. The number of nitriles is 1. The average molecular weight is 716 g/mol.